The van der Waals surface area contributed by atoms with Gasteiger partial charge in [-0.1, -0.05) is 65.5 Å². The van der Waals surface area contributed by atoms with Gasteiger partial charge in [0.25, 0.3) is 0 Å². The second-order valence-electron chi connectivity index (χ2n) is 12.0. The maximum atomic E-state index is 12.1. The molecule has 158 valence electrons. The number of rotatable bonds is 5. The van der Waals surface area contributed by atoms with Gasteiger partial charge in [-0.05, 0) is 84.9 Å². The summed E-state index contributed by atoms with van der Waals surface area (Å²) in [6, 6.07) is 0. The summed E-state index contributed by atoms with van der Waals surface area (Å²) >= 11 is 0. The molecule has 0 unspecified atom stereocenters. The standard InChI is InChI=1S/C27H44O/c1-18(2)7-6-8-19(3)23-11-12-24-22-10-9-20-17-21(28)13-15-26(20,4)25(22)14-16-27(23,24)5/h9,18-19,22-25H,6-8,10-17H2,1-5H3/t19-,22+,23-,24-,25-,26+,27-/m1/s1. The van der Waals surface area contributed by atoms with Crippen LogP contribution in [0.5, 0.6) is 0 Å². The van der Waals surface area contributed by atoms with Gasteiger partial charge < -0.3 is 0 Å². The van der Waals surface area contributed by atoms with Gasteiger partial charge >= 0.3 is 0 Å². The van der Waals surface area contributed by atoms with Crippen LogP contribution < -0.4 is 0 Å². The van der Waals surface area contributed by atoms with Crippen LogP contribution in [0.3, 0.4) is 0 Å². The van der Waals surface area contributed by atoms with Gasteiger partial charge in [-0.3, -0.25) is 4.79 Å². The van der Waals surface area contributed by atoms with E-state index in [9.17, 15) is 4.79 Å². The number of carbonyl (C=O) groups excluding carboxylic acids is 1. The molecule has 4 aliphatic carbocycles. The molecule has 0 amide bonds. The van der Waals surface area contributed by atoms with Crippen molar-refractivity contribution >= 4 is 5.78 Å². The number of hydrogen-bond donors (Lipinski definition) is 0. The van der Waals surface area contributed by atoms with Gasteiger partial charge in [0.2, 0.25) is 0 Å². The second kappa shape index (κ2) is 7.59. The lowest BCUT2D eigenvalue weighted by Gasteiger charge is -2.58. The van der Waals surface area contributed by atoms with Crippen molar-refractivity contribution < 1.29 is 4.79 Å². The fraction of sp³-hybridized carbons (Fsp3) is 0.889. The maximum absolute atomic E-state index is 12.1. The molecule has 3 saturated carbocycles. The predicted octanol–water partition coefficient (Wildman–Crippen LogP) is 7.60. The van der Waals surface area contributed by atoms with Gasteiger partial charge in [0, 0.05) is 12.8 Å². The molecule has 0 aromatic rings. The van der Waals surface area contributed by atoms with Crippen LogP contribution in [0.4, 0.5) is 0 Å². The molecule has 4 rings (SSSR count). The Balaban J connectivity index is 1.50. The lowest BCUT2D eigenvalue weighted by atomic mass is 9.47. The van der Waals surface area contributed by atoms with Crippen LogP contribution in [-0.2, 0) is 4.79 Å². The number of carbonyl (C=O) groups is 1. The van der Waals surface area contributed by atoms with Crippen molar-refractivity contribution in [3.8, 4) is 0 Å². The average molecular weight is 385 g/mol. The highest BCUT2D eigenvalue weighted by molar-refractivity contribution is 5.82. The number of Topliss-reactive ketones (excluding diaryl/α,β-unsaturated/α-hetero) is 1. The summed E-state index contributed by atoms with van der Waals surface area (Å²) in [5.74, 6) is 5.82. The molecule has 4 aliphatic rings. The lowest BCUT2D eigenvalue weighted by molar-refractivity contribution is -0.122. The van der Waals surface area contributed by atoms with Crippen LogP contribution >= 0.6 is 0 Å². The Morgan fingerprint density at radius 3 is 2.57 bits per heavy atom. The molecule has 0 bridgehead atoms. The van der Waals surface area contributed by atoms with Gasteiger partial charge in [-0.2, -0.15) is 0 Å². The number of allylic oxidation sites excluding steroid dienone is 2. The summed E-state index contributed by atoms with van der Waals surface area (Å²) in [6.45, 7) is 12.5. The highest BCUT2D eigenvalue weighted by Crippen LogP contribution is 2.67. The normalized spacial score (nSPS) is 43.9. The molecule has 0 heterocycles. The van der Waals surface area contributed by atoms with Crippen LogP contribution in [-0.4, -0.2) is 5.78 Å². The van der Waals surface area contributed by atoms with E-state index in [0.717, 1.165) is 54.8 Å². The predicted molar refractivity (Wildman–Crippen MR) is 118 cm³/mol. The summed E-state index contributed by atoms with van der Waals surface area (Å²) in [4.78, 5) is 12.1. The highest BCUT2D eigenvalue weighted by Gasteiger charge is 2.59. The third kappa shape index (κ3) is 3.33. The van der Waals surface area contributed by atoms with Gasteiger partial charge in [0.05, 0.1) is 0 Å². The first-order chi connectivity index (χ1) is 13.3. The van der Waals surface area contributed by atoms with E-state index in [0.29, 0.717) is 16.6 Å². The Bertz CT molecular complexity index is 630. The quantitative estimate of drug-likeness (QED) is 0.446. The largest absolute Gasteiger partial charge is 0.299 e. The zero-order chi connectivity index (χ0) is 20.1. The molecular formula is C27H44O. The first-order valence-corrected chi connectivity index (χ1v) is 12.5. The molecule has 0 radical (unpaired) electrons. The summed E-state index contributed by atoms with van der Waals surface area (Å²) in [6.07, 6.45) is 16.5. The molecule has 7 atom stereocenters. The first-order valence-electron chi connectivity index (χ1n) is 12.5. The molecule has 0 aromatic heterocycles. The third-order valence-corrected chi connectivity index (χ3v) is 10.1. The Labute approximate surface area is 174 Å². The van der Waals surface area contributed by atoms with Crippen LogP contribution in [0, 0.1) is 46.3 Å². The minimum atomic E-state index is 0.332. The van der Waals surface area contributed by atoms with Crippen molar-refractivity contribution in [3.05, 3.63) is 11.6 Å². The zero-order valence-corrected chi connectivity index (χ0v) is 19.2. The fourth-order valence-corrected chi connectivity index (χ4v) is 8.50. The van der Waals surface area contributed by atoms with Crippen LogP contribution in [0.15, 0.2) is 11.6 Å². The Kier molecular flexibility index (Phi) is 5.60. The van der Waals surface area contributed by atoms with Crippen molar-refractivity contribution in [3.63, 3.8) is 0 Å². The van der Waals surface area contributed by atoms with E-state index in [1.165, 1.54) is 56.9 Å². The fourth-order valence-electron chi connectivity index (χ4n) is 8.50. The van der Waals surface area contributed by atoms with Gasteiger partial charge in [0.1, 0.15) is 5.78 Å². The van der Waals surface area contributed by atoms with E-state index in [1.807, 2.05) is 0 Å². The average Bonchev–Trinajstić information content (AvgIpc) is 2.99. The molecule has 1 heteroatoms. The van der Waals surface area contributed by atoms with Crippen molar-refractivity contribution in [2.75, 3.05) is 0 Å². The molecule has 28 heavy (non-hydrogen) atoms. The lowest BCUT2D eigenvalue weighted by Crippen LogP contribution is -2.50. The van der Waals surface area contributed by atoms with Gasteiger partial charge in [0.15, 0.2) is 0 Å². The molecule has 0 spiro atoms. The van der Waals surface area contributed by atoms with Crippen molar-refractivity contribution in [2.24, 2.45) is 46.3 Å². The second-order valence-corrected chi connectivity index (χ2v) is 12.0. The van der Waals surface area contributed by atoms with Crippen LogP contribution in [0.2, 0.25) is 0 Å². The van der Waals surface area contributed by atoms with Gasteiger partial charge in [-0.25, -0.2) is 0 Å². The van der Waals surface area contributed by atoms with E-state index >= 15 is 0 Å². The summed E-state index contributed by atoms with van der Waals surface area (Å²) < 4.78 is 0. The van der Waals surface area contributed by atoms with Crippen molar-refractivity contribution in [1.29, 1.82) is 0 Å². The van der Waals surface area contributed by atoms with Gasteiger partial charge in [-0.15, -0.1) is 0 Å². The summed E-state index contributed by atoms with van der Waals surface area (Å²) in [7, 11) is 0. The molecule has 0 aliphatic heterocycles. The van der Waals surface area contributed by atoms with Crippen molar-refractivity contribution in [2.45, 2.75) is 105 Å². The van der Waals surface area contributed by atoms with E-state index < -0.39 is 0 Å². The monoisotopic (exact) mass is 384 g/mol. The number of hydrogen-bond acceptors (Lipinski definition) is 1. The molecule has 0 saturated heterocycles. The molecule has 0 aromatic carbocycles. The molecule has 1 nitrogen and oxygen atoms in total. The first kappa shape index (κ1) is 20.7. The Hall–Kier alpha value is -0.590. The molecule has 0 N–H and O–H groups in total. The van der Waals surface area contributed by atoms with E-state index in [1.54, 1.807) is 0 Å². The molecule has 3 fully saturated rings. The minimum absolute atomic E-state index is 0.332. The Morgan fingerprint density at radius 2 is 1.82 bits per heavy atom. The molecular weight excluding hydrogens is 340 g/mol. The topological polar surface area (TPSA) is 17.1 Å². The van der Waals surface area contributed by atoms with E-state index in [4.69, 9.17) is 0 Å². The summed E-state index contributed by atoms with van der Waals surface area (Å²) in [5.41, 5.74) is 2.43. The third-order valence-electron chi connectivity index (χ3n) is 10.1. The maximum Gasteiger partial charge on any atom is 0.136 e. The van der Waals surface area contributed by atoms with Crippen molar-refractivity contribution in [1.82, 2.24) is 0 Å². The van der Waals surface area contributed by atoms with Crippen LogP contribution in [0.1, 0.15) is 105 Å². The summed E-state index contributed by atoms with van der Waals surface area (Å²) in [5, 5.41) is 0. The number of fused-ring (bicyclic) bond motifs is 5. The smallest absolute Gasteiger partial charge is 0.136 e. The number of ketones is 1. The van der Waals surface area contributed by atoms with E-state index in [2.05, 4.69) is 40.7 Å². The van der Waals surface area contributed by atoms with E-state index in [-0.39, 0.29) is 0 Å². The van der Waals surface area contributed by atoms with Crippen LogP contribution in [0.25, 0.3) is 0 Å². The zero-order valence-electron chi connectivity index (χ0n) is 19.2. The highest BCUT2D eigenvalue weighted by atomic mass is 16.1. The Morgan fingerprint density at radius 1 is 1.04 bits per heavy atom. The minimum Gasteiger partial charge on any atom is -0.299 e. The SMILES string of the molecule is CC(C)CCC[C@@H](C)[C@H]1CC[C@@H]2[C@@H]3CC=C4CC(=O)CC[C@]4(C)[C@@H]3CC[C@@]21C.